The number of hydrogen-bond donors (Lipinski definition) is 1. The number of rotatable bonds is 9. The van der Waals surface area contributed by atoms with Crippen molar-refractivity contribution < 1.29 is 23.8 Å². The van der Waals surface area contributed by atoms with Crippen LogP contribution in [0.2, 0.25) is 0 Å². The quantitative estimate of drug-likeness (QED) is 0.409. The summed E-state index contributed by atoms with van der Waals surface area (Å²) in [6, 6.07) is 6.38. The van der Waals surface area contributed by atoms with Gasteiger partial charge in [0.2, 0.25) is 0 Å². The van der Waals surface area contributed by atoms with Crippen molar-refractivity contribution in [3.63, 3.8) is 0 Å². The first-order valence-corrected chi connectivity index (χ1v) is 8.82. The smallest absolute Gasteiger partial charge is 0.338 e. The molecule has 1 heterocycles. The Hall–Kier alpha value is -2.80. The van der Waals surface area contributed by atoms with Crippen molar-refractivity contribution in [2.75, 3.05) is 33.5 Å². The summed E-state index contributed by atoms with van der Waals surface area (Å²) in [5.74, 6) is 0.148. The zero-order valence-electron chi connectivity index (χ0n) is 16.0. The summed E-state index contributed by atoms with van der Waals surface area (Å²) in [6.07, 6.45) is 1.65. The summed E-state index contributed by atoms with van der Waals surface area (Å²) in [4.78, 5) is 26.7. The van der Waals surface area contributed by atoms with Gasteiger partial charge in [0.15, 0.2) is 0 Å². The SMILES string of the molecule is C=CCOc1cccc([C@@H]2NC(=O)N(CC)C(C)=C2C(=O)OCCOC)c1. The second kappa shape index (κ2) is 9.78. The van der Waals surface area contributed by atoms with Crippen molar-refractivity contribution in [1.29, 1.82) is 0 Å². The highest BCUT2D eigenvalue weighted by atomic mass is 16.6. The van der Waals surface area contributed by atoms with Crippen LogP contribution in [-0.4, -0.2) is 50.4 Å². The maximum absolute atomic E-state index is 12.7. The third-order valence-electron chi connectivity index (χ3n) is 4.21. The predicted molar refractivity (Wildman–Crippen MR) is 101 cm³/mol. The van der Waals surface area contributed by atoms with Gasteiger partial charge in [-0.15, -0.1) is 0 Å². The van der Waals surface area contributed by atoms with Crippen molar-refractivity contribution in [2.45, 2.75) is 19.9 Å². The molecule has 0 fully saturated rings. The molecule has 1 aliphatic heterocycles. The van der Waals surface area contributed by atoms with Gasteiger partial charge in [0.05, 0.1) is 18.2 Å². The lowest BCUT2D eigenvalue weighted by atomic mass is 9.94. The van der Waals surface area contributed by atoms with Crippen molar-refractivity contribution >= 4 is 12.0 Å². The zero-order valence-corrected chi connectivity index (χ0v) is 16.0. The molecule has 0 radical (unpaired) electrons. The van der Waals surface area contributed by atoms with Crippen molar-refractivity contribution in [3.05, 3.63) is 53.8 Å². The van der Waals surface area contributed by atoms with E-state index in [4.69, 9.17) is 14.2 Å². The number of methoxy groups -OCH3 is 1. The van der Waals surface area contributed by atoms with E-state index in [9.17, 15) is 9.59 Å². The van der Waals surface area contributed by atoms with E-state index in [0.717, 1.165) is 5.56 Å². The summed E-state index contributed by atoms with van der Waals surface area (Å²) in [7, 11) is 1.54. The number of carbonyl (C=O) groups excluding carboxylic acids is 2. The Morgan fingerprint density at radius 3 is 2.81 bits per heavy atom. The molecule has 27 heavy (non-hydrogen) atoms. The van der Waals surface area contributed by atoms with Gasteiger partial charge in [0, 0.05) is 19.4 Å². The summed E-state index contributed by atoms with van der Waals surface area (Å²) < 4.78 is 15.8. The molecule has 7 nitrogen and oxygen atoms in total. The summed E-state index contributed by atoms with van der Waals surface area (Å²) >= 11 is 0. The Kier molecular flexibility index (Phi) is 7.43. The first kappa shape index (κ1) is 20.5. The van der Waals surface area contributed by atoms with E-state index in [1.54, 1.807) is 19.1 Å². The predicted octanol–water partition coefficient (Wildman–Crippen LogP) is 2.80. The number of urea groups is 1. The normalized spacial score (nSPS) is 16.8. The number of amides is 2. The summed E-state index contributed by atoms with van der Waals surface area (Å²) in [5, 5.41) is 2.89. The molecule has 2 amide bonds. The molecule has 1 N–H and O–H groups in total. The van der Waals surface area contributed by atoms with Crippen LogP contribution in [0, 0.1) is 0 Å². The minimum atomic E-state index is -0.623. The van der Waals surface area contributed by atoms with Crippen LogP contribution >= 0.6 is 0 Å². The van der Waals surface area contributed by atoms with Crippen molar-refractivity contribution in [3.8, 4) is 5.75 Å². The lowest BCUT2D eigenvalue weighted by molar-refractivity contribution is -0.140. The van der Waals surface area contributed by atoms with Crippen LogP contribution in [0.25, 0.3) is 0 Å². The molecule has 0 bridgehead atoms. The van der Waals surface area contributed by atoms with E-state index in [1.165, 1.54) is 12.0 Å². The molecule has 0 saturated carbocycles. The van der Waals surface area contributed by atoms with E-state index in [1.807, 2.05) is 25.1 Å². The van der Waals surface area contributed by atoms with E-state index in [0.29, 0.717) is 36.8 Å². The lowest BCUT2D eigenvalue weighted by Gasteiger charge is -2.34. The van der Waals surface area contributed by atoms with E-state index < -0.39 is 12.0 Å². The molecule has 1 atom stereocenters. The number of ether oxygens (including phenoxy) is 3. The molecule has 1 aromatic rings. The van der Waals surface area contributed by atoms with Crippen molar-refractivity contribution in [2.24, 2.45) is 0 Å². The molecule has 146 valence electrons. The number of carbonyl (C=O) groups is 2. The maximum Gasteiger partial charge on any atom is 0.338 e. The number of nitrogens with zero attached hydrogens (tertiary/aromatic N) is 1. The van der Waals surface area contributed by atoms with Crippen LogP contribution < -0.4 is 10.1 Å². The van der Waals surface area contributed by atoms with Gasteiger partial charge in [0.25, 0.3) is 0 Å². The molecule has 0 aromatic heterocycles. The third kappa shape index (κ3) is 4.89. The van der Waals surface area contributed by atoms with Gasteiger partial charge in [0.1, 0.15) is 19.0 Å². The minimum absolute atomic E-state index is 0.140. The van der Waals surface area contributed by atoms with Gasteiger partial charge in [-0.1, -0.05) is 24.8 Å². The second-order valence-electron chi connectivity index (χ2n) is 5.93. The lowest BCUT2D eigenvalue weighted by Crippen LogP contribution is -2.47. The number of benzene rings is 1. The summed E-state index contributed by atoms with van der Waals surface area (Å²) in [5.41, 5.74) is 1.71. The molecule has 0 saturated heterocycles. The van der Waals surface area contributed by atoms with E-state index in [-0.39, 0.29) is 12.6 Å². The fourth-order valence-corrected chi connectivity index (χ4v) is 2.91. The van der Waals surface area contributed by atoms with Crippen molar-refractivity contribution in [1.82, 2.24) is 10.2 Å². The standard InChI is InChI=1S/C20H26N2O5/c1-5-10-26-16-9-7-8-15(13-16)18-17(19(23)27-12-11-25-4)14(3)22(6-2)20(24)21-18/h5,7-9,13,18H,1,6,10-12H2,2-4H3,(H,21,24)/t18-/m0/s1. The Morgan fingerprint density at radius 2 is 2.15 bits per heavy atom. The maximum atomic E-state index is 12.7. The van der Waals surface area contributed by atoms with Gasteiger partial charge in [-0.2, -0.15) is 0 Å². The van der Waals surface area contributed by atoms with E-state index in [2.05, 4.69) is 11.9 Å². The number of allylic oxidation sites excluding steroid dienone is 1. The van der Waals surface area contributed by atoms with Crippen LogP contribution in [0.5, 0.6) is 5.75 Å². The van der Waals surface area contributed by atoms with E-state index >= 15 is 0 Å². The molecule has 0 unspecified atom stereocenters. The topological polar surface area (TPSA) is 77.1 Å². The first-order valence-electron chi connectivity index (χ1n) is 8.82. The van der Waals surface area contributed by atoms with Crippen LogP contribution in [-0.2, 0) is 14.3 Å². The molecule has 7 heteroatoms. The number of nitrogens with one attached hydrogen (secondary N) is 1. The van der Waals surface area contributed by atoms with Gasteiger partial charge in [-0.3, -0.25) is 4.90 Å². The molecule has 1 aliphatic rings. The van der Waals surface area contributed by atoms with Crippen LogP contribution in [0.15, 0.2) is 48.2 Å². The summed E-state index contributed by atoms with van der Waals surface area (Å²) in [6.45, 7) is 8.48. The fourth-order valence-electron chi connectivity index (χ4n) is 2.91. The molecule has 0 spiro atoms. The number of esters is 1. The Balaban J connectivity index is 2.39. The zero-order chi connectivity index (χ0) is 19.8. The average molecular weight is 374 g/mol. The Labute approximate surface area is 159 Å². The van der Waals surface area contributed by atoms with Crippen LogP contribution in [0.1, 0.15) is 25.5 Å². The molecular weight excluding hydrogens is 348 g/mol. The monoisotopic (exact) mass is 374 g/mol. The van der Waals surface area contributed by atoms with Gasteiger partial charge in [-0.05, 0) is 31.5 Å². The fraction of sp³-hybridized carbons (Fsp3) is 0.400. The van der Waals surface area contributed by atoms with Gasteiger partial charge in [-0.25, -0.2) is 9.59 Å². The first-order chi connectivity index (χ1) is 13.0. The highest BCUT2D eigenvalue weighted by Crippen LogP contribution is 2.32. The van der Waals surface area contributed by atoms with Gasteiger partial charge < -0.3 is 19.5 Å². The highest BCUT2D eigenvalue weighted by molar-refractivity contribution is 5.95. The van der Waals surface area contributed by atoms with Crippen LogP contribution in [0.3, 0.4) is 0 Å². The molecule has 1 aromatic carbocycles. The molecule has 0 aliphatic carbocycles. The largest absolute Gasteiger partial charge is 0.490 e. The molecule has 2 rings (SSSR count). The highest BCUT2D eigenvalue weighted by Gasteiger charge is 2.36. The second-order valence-corrected chi connectivity index (χ2v) is 5.93. The Bertz CT molecular complexity index is 729. The average Bonchev–Trinajstić information content (AvgIpc) is 2.66. The van der Waals surface area contributed by atoms with Gasteiger partial charge >= 0.3 is 12.0 Å². The van der Waals surface area contributed by atoms with Crippen LogP contribution in [0.4, 0.5) is 4.79 Å². The Morgan fingerprint density at radius 1 is 1.37 bits per heavy atom. The minimum Gasteiger partial charge on any atom is -0.490 e. The number of hydrogen-bond acceptors (Lipinski definition) is 5. The third-order valence-corrected chi connectivity index (χ3v) is 4.21. The molecular formula is C20H26N2O5.